The molecule has 0 unspecified atom stereocenters. The fourth-order valence-corrected chi connectivity index (χ4v) is 1.08. The van der Waals surface area contributed by atoms with E-state index < -0.39 is 12.1 Å². The van der Waals surface area contributed by atoms with Gasteiger partial charge >= 0.3 is 5.97 Å². The maximum atomic E-state index is 11.2. The van der Waals surface area contributed by atoms with Gasteiger partial charge in [-0.3, -0.25) is 0 Å². The van der Waals surface area contributed by atoms with Crippen molar-refractivity contribution < 1.29 is 23.7 Å². The molecule has 0 bridgehead atoms. The fraction of sp³-hybridized carbons (Fsp3) is 0.889. The molecule has 0 aliphatic rings. The van der Waals surface area contributed by atoms with E-state index in [0.717, 1.165) is 0 Å². The summed E-state index contributed by atoms with van der Waals surface area (Å²) >= 11 is 0. The van der Waals surface area contributed by atoms with Crippen LogP contribution in [0.2, 0.25) is 0 Å². The van der Waals surface area contributed by atoms with Gasteiger partial charge in [0.25, 0.3) is 0 Å². The second kappa shape index (κ2) is 7.73. The molecule has 0 amide bonds. The fourth-order valence-electron chi connectivity index (χ4n) is 1.08. The van der Waals surface area contributed by atoms with E-state index in [1.807, 2.05) is 0 Å². The van der Waals surface area contributed by atoms with Crippen LogP contribution < -0.4 is 0 Å². The molecule has 0 aromatic carbocycles. The first kappa shape index (κ1) is 13.4. The zero-order chi connectivity index (χ0) is 11.0. The minimum Gasteiger partial charge on any atom is -0.467 e. The summed E-state index contributed by atoms with van der Waals surface area (Å²) in [6.45, 7) is 0.424. The van der Waals surface area contributed by atoms with E-state index in [9.17, 15) is 4.79 Å². The van der Waals surface area contributed by atoms with Gasteiger partial charge in [0.15, 0.2) is 6.10 Å². The summed E-state index contributed by atoms with van der Waals surface area (Å²) in [4.78, 5) is 11.2. The Morgan fingerprint density at radius 1 is 1.14 bits per heavy atom. The van der Waals surface area contributed by atoms with E-state index in [1.165, 1.54) is 14.2 Å². The van der Waals surface area contributed by atoms with Gasteiger partial charge in [0.2, 0.25) is 0 Å². The van der Waals surface area contributed by atoms with Gasteiger partial charge in [-0.15, -0.1) is 0 Å². The van der Waals surface area contributed by atoms with Crippen molar-refractivity contribution in [2.75, 3.05) is 35.0 Å². The first-order valence-corrected chi connectivity index (χ1v) is 4.31. The lowest BCUT2D eigenvalue weighted by molar-refractivity contribution is -0.155. The Morgan fingerprint density at radius 3 is 2.14 bits per heavy atom. The molecule has 0 spiro atoms. The van der Waals surface area contributed by atoms with Crippen LogP contribution in [0.1, 0.15) is 6.42 Å². The summed E-state index contributed by atoms with van der Waals surface area (Å²) in [7, 11) is 5.92. The van der Waals surface area contributed by atoms with Crippen LogP contribution in [0.4, 0.5) is 0 Å². The summed E-state index contributed by atoms with van der Waals surface area (Å²) in [6.07, 6.45) is -0.336. The van der Waals surface area contributed by atoms with E-state index >= 15 is 0 Å². The molecule has 14 heavy (non-hydrogen) atoms. The molecule has 0 aromatic heterocycles. The topological polar surface area (TPSA) is 54.0 Å². The van der Waals surface area contributed by atoms with E-state index in [-0.39, 0.29) is 6.10 Å². The number of methoxy groups -OCH3 is 4. The summed E-state index contributed by atoms with van der Waals surface area (Å²) in [6, 6.07) is 0. The minimum atomic E-state index is -0.597. The lowest BCUT2D eigenvalue weighted by Gasteiger charge is -2.19. The summed E-state index contributed by atoms with van der Waals surface area (Å²) in [5.41, 5.74) is 0. The highest BCUT2D eigenvalue weighted by atomic mass is 16.6. The average Bonchev–Trinajstić information content (AvgIpc) is 2.23. The molecule has 0 aliphatic carbocycles. The smallest absolute Gasteiger partial charge is 0.335 e. The monoisotopic (exact) mass is 206 g/mol. The Balaban J connectivity index is 4.06. The highest BCUT2D eigenvalue weighted by Crippen LogP contribution is 2.07. The van der Waals surface area contributed by atoms with Gasteiger partial charge in [0.1, 0.15) is 0 Å². The first-order chi connectivity index (χ1) is 6.69. The molecule has 0 saturated carbocycles. The number of carbonyl (C=O) groups is 1. The number of hydrogen-bond donors (Lipinski definition) is 0. The molecule has 5 nitrogen and oxygen atoms in total. The highest BCUT2D eigenvalue weighted by molar-refractivity contribution is 5.74. The van der Waals surface area contributed by atoms with Crippen LogP contribution in [-0.2, 0) is 23.7 Å². The van der Waals surface area contributed by atoms with Crippen LogP contribution in [0, 0.1) is 0 Å². The van der Waals surface area contributed by atoms with Crippen molar-refractivity contribution in [2.45, 2.75) is 18.6 Å². The average molecular weight is 206 g/mol. The lowest BCUT2D eigenvalue weighted by atomic mass is 10.1. The molecule has 2 atom stereocenters. The second-order valence-electron chi connectivity index (χ2n) is 2.80. The predicted octanol–water partition coefficient (Wildman–Crippen LogP) is 0.226. The van der Waals surface area contributed by atoms with Crippen LogP contribution in [0.5, 0.6) is 0 Å². The highest BCUT2D eigenvalue weighted by Gasteiger charge is 2.23. The van der Waals surface area contributed by atoms with Gasteiger partial charge in [0, 0.05) is 27.8 Å². The third-order valence-corrected chi connectivity index (χ3v) is 1.91. The SMILES string of the molecule is COC[C@H](C[C@H](OC)C(=O)OC)OC. The van der Waals surface area contributed by atoms with Crippen molar-refractivity contribution in [1.82, 2.24) is 0 Å². The van der Waals surface area contributed by atoms with Crippen molar-refractivity contribution in [3.63, 3.8) is 0 Å². The van der Waals surface area contributed by atoms with Crippen molar-refractivity contribution in [2.24, 2.45) is 0 Å². The molecule has 84 valence electrons. The maximum absolute atomic E-state index is 11.2. The largest absolute Gasteiger partial charge is 0.467 e. The third kappa shape index (κ3) is 4.55. The van der Waals surface area contributed by atoms with Gasteiger partial charge in [0.05, 0.1) is 19.8 Å². The standard InChI is InChI=1S/C9H18O5/c1-11-6-7(12-2)5-8(13-3)9(10)14-4/h7-8H,5-6H2,1-4H3/t7-,8-/m0/s1. The van der Waals surface area contributed by atoms with Crippen LogP contribution in [0.15, 0.2) is 0 Å². The molecule has 5 heteroatoms. The van der Waals surface area contributed by atoms with Gasteiger partial charge in [-0.2, -0.15) is 0 Å². The van der Waals surface area contributed by atoms with Crippen molar-refractivity contribution in [1.29, 1.82) is 0 Å². The Hall–Kier alpha value is -0.650. The van der Waals surface area contributed by atoms with Gasteiger partial charge in [-0.05, 0) is 0 Å². The second-order valence-corrected chi connectivity index (χ2v) is 2.80. The maximum Gasteiger partial charge on any atom is 0.335 e. The molecular formula is C9H18O5. The van der Waals surface area contributed by atoms with Crippen LogP contribution in [0.25, 0.3) is 0 Å². The van der Waals surface area contributed by atoms with Gasteiger partial charge in [-0.1, -0.05) is 0 Å². The Bertz CT molecular complexity index is 159. The van der Waals surface area contributed by atoms with Crippen molar-refractivity contribution in [3.05, 3.63) is 0 Å². The number of ether oxygens (including phenoxy) is 4. The van der Waals surface area contributed by atoms with Crippen LogP contribution in [-0.4, -0.2) is 53.2 Å². The van der Waals surface area contributed by atoms with Gasteiger partial charge < -0.3 is 18.9 Å². The number of rotatable bonds is 7. The number of esters is 1. The summed E-state index contributed by atoms with van der Waals surface area (Å²) in [5.74, 6) is -0.398. The zero-order valence-electron chi connectivity index (χ0n) is 9.11. The Labute approximate surface area is 84.3 Å². The van der Waals surface area contributed by atoms with Crippen molar-refractivity contribution in [3.8, 4) is 0 Å². The molecule has 0 heterocycles. The Kier molecular flexibility index (Phi) is 7.37. The molecule has 0 rings (SSSR count). The van der Waals surface area contributed by atoms with Crippen LogP contribution in [0.3, 0.4) is 0 Å². The van der Waals surface area contributed by atoms with E-state index in [2.05, 4.69) is 4.74 Å². The lowest BCUT2D eigenvalue weighted by Crippen LogP contribution is -2.31. The molecule has 0 fully saturated rings. The molecule has 0 N–H and O–H groups in total. The van der Waals surface area contributed by atoms with Crippen LogP contribution >= 0.6 is 0 Å². The van der Waals surface area contributed by atoms with E-state index in [1.54, 1.807) is 14.2 Å². The summed E-state index contributed by atoms with van der Waals surface area (Å²) in [5, 5.41) is 0. The third-order valence-electron chi connectivity index (χ3n) is 1.91. The summed E-state index contributed by atoms with van der Waals surface area (Å²) < 4.78 is 19.6. The first-order valence-electron chi connectivity index (χ1n) is 4.31. The van der Waals surface area contributed by atoms with E-state index in [0.29, 0.717) is 13.0 Å². The molecule has 0 radical (unpaired) electrons. The zero-order valence-corrected chi connectivity index (χ0v) is 9.11. The normalized spacial score (nSPS) is 14.9. The Morgan fingerprint density at radius 2 is 1.79 bits per heavy atom. The minimum absolute atomic E-state index is 0.163. The molecular weight excluding hydrogens is 188 g/mol. The van der Waals surface area contributed by atoms with E-state index in [4.69, 9.17) is 14.2 Å². The quantitative estimate of drug-likeness (QED) is 0.558. The molecule has 0 aromatic rings. The van der Waals surface area contributed by atoms with Gasteiger partial charge in [-0.25, -0.2) is 4.79 Å². The number of hydrogen-bond acceptors (Lipinski definition) is 5. The number of carbonyl (C=O) groups excluding carboxylic acids is 1. The molecule has 0 aliphatic heterocycles. The predicted molar refractivity (Wildman–Crippen MR) is 50.1 cm³/mol. The van der Waals surface area contributed by atoms with Crippen molar-refractivity contribution >= 4 is 5.97 Å². The molecule has 0 saturated heterocycles.